The Labute approximate surface area is 108 Å². The van der Waals surface area contributed by atoms with Gasteiger partial charge in [-0.05, 0) is 24.6 Å². The van der Waals surface area contributed by atoms with Crippen LogP contribution in [0.1, 0.15) is 30.6 Å². The smallest absolute Gasteiger partial charge is 0.337 e. The van der Waals surface area contributed by atoms with Gasteiger partial charge in [-0.2, -0.15) is 0 Å². The zero-order valence-corrected chi connectivity index (χ0v) is 11.2. The van der Waals surface area contributed by atoms with Crippen molar-refractivity contribution in [2.45, 2.75) is 20.3 Å². The third-order valence-electron chi connectivity index (χ3n) is 2.53. The Morgan fingerprint density at radius 3 is 2.65 bits per heavy atom. The second-order valence-corrected chi connectivity index (χ2v) is 4.71. The highest BCUT2D eigenvalue weighted by Crippen LogP contribution is 2.22. The Morgan fingerprint density at radius 1 is 1.47 bits per heavy atom. The predicted octanol–water partition coefficient (Wildman–Crippen LogP) is 3.13. The predicted molar refractivity (Wildman–Crippen MR) is 69.2 cm³/mol. The third kappa shape index (κ3) is 3.56. The van der Waals surface area contributed by atoms with Gasteiger partial charge in [0.25, 0.3) is 0 Å². The SMILES string of the molecule is CC[C@H](C)C(=O)Nc1ccc(Br)cc1C(=O)O. The molecule has 0 radical (unpaired) electrons. The fraction of sp³-hybridized carbons (Fsp3) is 0.333. The molecule has 1 aromatic rings. The standard InChI is InChI=1S/C12H14BrNO3/c1-3-7(2)11(15)14-10-5-4-8(13)6-9(10)12(16)17/h4-7H,3H2,1-2H3,(H,14,15)(H,16,17)/t7-/m0/s1. The molecule has 2 N–H and O–H groups in total. The lowest BCUT2D eigenvalue weighted by Crippen LogP contribution is -2.21. The van der Waals surface area contributed by atoms with E-state index < -0.39 is 5.97 Å². The maximum absolute atomic E-state index is 11.7. The van der Waals surface area contributed by atoms with Crippen molar-refractivity contribution < 1.29 is 14.7 Å². The van der Waals surface area contributed by atoms with Crippen LogP contribution in [0, 0.1) is 5.92 Å². The number of amides is 1. The molecule has 5 heteroatoms. The highest BCUT2D eigenvalue weighted by atomic mass is 79.9. The number of carbonyl (C=O) groups excluding carboxylic acids is 1. The Balaban J connectivity index is 2.98. The monoisotopic (exact) mass is 299 g/mol. The lowest BCUT2D eigenvalue weighted by atomic mass is 10.1. The molecule has 0 aliphatic carbocycles. The molecule has 0 heterocycles. The van der Waals surface area contributed by atoms with Gasteiger partial charge in [-0.15, -0.1) is 0 Å². The first-order valence-electron chi connectivity index (χ1n) is 5.29. The van der Waals surface area contributed by atoms with E-state index in [1.807, 2.05) is 6.92 Å². The summed E-state index contributed by atoms with van der Waals surface area (Å²) >= 11 is 3.20. The first-order chi connectivity index (χ1) is 7.95. The second kappa shape index (κ2) is 5.82. The molecule has 92 valence electrons. The summed E-state index contributed by atoms with van der Waals surface area (Å²) in [5, 5.41) is 11.7. The first-order valence-corrected chi connectivity index (χ1v) is 6.08. The van der Waals surface area contributed by atoms with E-state index in [0.29, 0.717) is 16.6 Å². The van der Waals surface area contributed by atoms with E-state index >= 15 is 0 Å². The van der Waals surface area contributed by atoms with Gasteiger partial charge < -0.3 is 10.4 Å². The Hall–Kier alpha value is -1.36. The van der Waals surface area contributed by atoms with Crippen LogP contribution in [-0.2, 0) is 4.79 Å². The number of rotatable bonds is 4. The highest BCUT2D eigenvalue weighted by molar-refractivity contribution is 9.10. The zero-order valence-electron chi connectivity index (χ0n) is 9.66. The summed E-state index contributed by atoms with van der Waals surface area (Å²) in [5.41, 5.74) is 0.405. The normalized spacial score (nSPS) is 11.9. The van der Waals surface area contributed by atoms with Crippen LogP contribution in [0.25, 0.3) is 0 Å². The lowest BCUT2D eigenvalue weighted by Gasteiger charge is -2.12. The van der Waals surface area contributed by atoms with Crippen molar-refractivity contribution in [3.63, 3.8) is 0 Å². The van der Waals surface area contributed by atoms with Gasteiger partial charge in [-0.25, -0.2) is 4.79 Å². The van der Waals surface area contributed by atoms with Crippen LogP contribution in [0.15, 0.2) is 22.7 Å². The van der Waals surface area contributed by atoms with E-state index in [0.717, 1.165) is 0 Å². The summed E-state index contributed by atoms with van der Waals surface area (Å²) in [5.74, 6) is -1.37. The maximum Gasteiger partial charge on any atom is 0.337 e. The molecule has 1 aromatic carbocycles. The molecule has 0 saturated carbocycles. The van der Waals surface area contributed by atoms with Gasteiger partial charge in [-0.3, -0.25) is 4.79 Å². The van der Waals surface area contributed by atoms with Gasteiger partial charge in [-0.1, -0.05) is 29.8 Å². The molecule has 0 bridgehead atoms. The quantitative estimate of drug-likeness (QED) is 0.897. The number of benzene rings is 1. The minimum Gasteiger partial charge on any atom is -0.478 e. The van der Waals surface area contributed by atoms with Crippen molar-refractivity contribution in [3.05, 3.63) is 28.2 Å². The maximum atomic E-state index is 11.7. The summed E-state index contributed by atoms with van der Waals surface area (Å²) < 4.78 is 0.663. The molecule has 0 aromatic heterocycles. The third-order valence-corrected chi connectivity index (χ3v) is 3.02. The molecule has 0 spiro atoms. The van der Waals surface area contributed by atoms with Gasteiger partial charge in [0.15, 0.2) is 0 Å². The van der Waals surface area contributed by atoms with Crippen LogP contribution in [0.5, 0.6) is 0 Å². The fourth-order valence-electron chi connectivity index (χ4n) is 1.24. The van der Waals surface area contributed by atoms with Gasteiger partial charge in [0.2, 0.25) is 5.91 Å². The van der Waals surface area contributed by atoms with Crippen LogP contribution in [0.3, 0.4) is 0 Å². The Kier molecular flexibility index (Phi) is 4.69. The molecule has 0 aliphatic heterocycles. The molecule has 1 amide bonds. The number of halogens is 1. The topological polar surface area (TPSA) is 66.4 Å². The number of aromatic carboxylic acids is 1. The number of anilines is 1. The Bertz CT molecular complexity index is 445. The second-order valence-electron chi connectivity index (χ2n) is 3.79. The van der Waals surface area contributed by atoms with E-state index in [1.54, 1.807) is 19.1 Å². The van der Waals surface area contributed by atoms with Crippen LogP contribution in [-0.4, -0.2) is 17.0 Å². The van der Waals surface area contributed by atoms with Crippen molar-refractivity contribution in [3.8, 4) is 0 Å². The number of hydrogen-bond donors (Lipinski definition) is 2. The number of carbonyl (C=O) groups is 2. The van der Waals surface area contributed by atoms with Gasteiger partial charge in [0.05, 0.1) is 11.3 Å². The molecular weight excluding hydrogens is 286 g/mol. The number of carboxylic acid groups (broad SMARTS) is 1. The zero-order chi connectivity index (χ0) is 13.0. The summed E-state index contributed by atoms with van der Waals surface area (Å²) in [6.45, 7) is 3.71. The van der Waals surface area contributed by atoms with Gasteiger partial charge in [0, 0.05) is 10.4 Å². The highest BCUT2D eigenvalue weighted by Gasteiger charge is 2.15. The summed E-state index contributed by atoms with van der Waals surface area (Å²) in [4.78, 5) is 22.7. The molecule has 0 saturated heterocycles. The van der Waals surface area contributed by atoms with Gasteiger partial charge in [0.1, 0.15) is 0 Å². The van der Waals surface area contributed by atoms with Crippen LogP contribution in [0.4, 0.5) is 5.69 Å². The molecule has 0 aliphatic rings. The molecule has 4 nitrogen and oxygen atoms in total. The van der Waals surface area contributed by atoms with Crippen molar-refractivity contribution in [1.29, 1.82) is 0 Å². The largest absolute Gasteiger partial charge is 0.478 e. The summed E-state index contributed by atoms with van der Waals surface area (Å²) in [6, 6.07) is 4.74. The van der Waals surface area contributed by atoms with E-state index in [4.69, 9.17) is 5.11 Å². The number of carboxylic acids is 1. The van der Waals surface area contributed by atoms with E-state index in [9.17, 15) is 9.59 Å². The van der Waals surface area contributed by atoms with E-state index in [2.05, 4.69) is 21.2 Å². The van der Waals surface area contributed by atoms with E-state index in [1.165, 1.54) is 6.07 Å². The average molecular weight is 300 g/mol. The lowest BCUT2D eigenvalue weighted by molar-refractivity contribution is -0.119. The number of nitrogens with one attached hydrogen (secondary N) is 1. The summed E-state index contributed by atoms with van der Waals surface area (Å²) in [7, 11) is 0. The molecule has 1 atom stereocenters. The molecule has 0 unspecified atom stereocenters. The van der Waals surface area contributed by atoms with Crippen LogP contribution in [0.2, 0.25) is 0 Å². The average Bonchev–Trinajstić information content (AvgIpc) is 2.29. The first kappa shape index (κ1) is 13.7. The van der Waals surface area contributed by atoms with Crippen molar-refractivity contribution in [1.82, 2.24) is 0 Å². The molecular formula is C12H14BrNO3. The van der Waals surface area contributed by atoms with Crippen LogP contribution >= 0.6 is 15.9 Å². The molecule has 0 fully saturated rings. The number of hydrogen-bond acceptors (Lipinski definition) is 2. The molecule has 17 heavy (non-hydrogen) atoms. The van der Waals surface area contributed by atoms with Crippen molar-refractivity contribution in [2.75, 3.05) is 5.32 Å². The Morgan fingerprint density at radius 2 is 2.12 bits per heavy atom. The summed E-state index contributed by atoms with van der Waals surface area (Å²) in [6.07, 6.45) is 0.713. The fourth-order valence-corrected chi connectivity index (χ4v) is 1.60. The van der Waals surface area contributed by atoms with Crippen molar-refractivity contribution in [2.24, 2.45) is 5.92 Å². The molecule has 1 rings (SSSR count). The van der Waals surface area contributed by atoms with Gasteiger partial charge >= 0.3 is 5.97 Å². The minimum absolute atomic E-state index is 0.0797. The minimum atomic E-state index is -1.06. The van der Waals surface area contributed by atoms with Crippen LogP contribution < -0.4 is 5.32 Å². The van der Waals surface area contributed by atoms with E-state index in [-0.39, 0.29) is 17.4 Å². The van der Waals surface area contributed by atoms with Crippen molar-refractivity contribution >= 4 is 33.5 Å².